The summed E-state index contributed by atoms with van der Waals surface area (Å²) in [5.41, 5.74) is 1.66. The molecule has 1 aromatic heterocycles. The number of carbonyl (C=O) groups excluding carboxylic acids is 1. The molecule has 0 aliphatic heterocycles. The molecule has 1 heterocycles. The van der Waals surface area contributed by atoms with Crippen molar-refractivity contribution >= 4 is 17.5 Å². The summed E-state index contributed by atoms with van der Waals surface area (Å²) in [7, 11) is 1.60. The van der Waals surface area contributed by atoms with Crippen molar-refractivity contribution in [1.29, 1.82) is 0 Å². The van der Waals surface area contributed by atoms with Crippen LogP contribution in [-0.4, -0.2) is 23.3 Å². The number of benzene rings is 1. The molecule has 106 valence electrons. The van der Waals surface area contributed by atoms with Gasteiger partial charge in [-0.05, 0) is 30.2 Å². The van der Waals surface area contributed by atoms with Crippen LogP contribution in [0.3, 0.4) is 0 Å². The number of carbonyl (C=O) groups is 1. The van der Waals surface area contributed by atoms with E-state index < -0.39 is 0 Å². The number of hydrogen-bond donors (Lipinski definition) is 3. The molecule has 0 saturated carbocycles. The molecule has 2 aromatic rings. The molecular weight excluding hydrogens is 256 g/mol. The largest absolute Gasteiger partial charge is 0.497 e. The molecule has 2 amide bonds. The molecule has 1 aromatic carbocycles. The number of aromatic amines is 1. The van der Waals surface area contributed by atoms with Gasteiger partial charge in [-0.15, -0.1) is 0 Å². The average molecular weight is 274 g/mol. The summed E-state index contributed by atoms with van der Waals surface area (Å²) in [6.07, 6.45) is 0. The Bertz CT molecular complexity index is 575. The highest BCUT2D eigenvalue weighted by molar-refractivity contribution is 5.99. The SMILES string of the molecule is COc1ccc(NC(=O)Nc2cc(C(C)C)[nH]n2)cc1. The van der Waals surface area contributed by atoms with E-state index in [0.29, 0.717) is 17.4 Å². The zero-order valence-electron chi connectivity index (χ0n) is 11.7. The van der Waals surface area contributed by atoms with E-state index in [0.717, 1.165) is 11.4 Å². The van der Waals surface area contributed by atoms with Gasteiger partial charge >= 0.3 is 6.03 Å². The van der Waals surface area contributed by atoms with E-state index in [9.17, 15) is 4.79 Å². The number of aromatic nitrogens is 2. The molecule has 0 aliphatic carbocycles. The van der Waals surface area contributed by atoms with Crippen molar-refractivity contribution in [2.75, 3.05) is 17.7 Å². The molecule has 3 N–H and O–H groups in total. The van der Waals surface area contributed by atoms with Crippen LogP contribution in [-0.2, 0) is 0 Å². The zero-order valence-corrected chi connectivity index (χ0v) is 11.7. The quantitative estimate of drug-likeness (QED) is 0.801. The first-order chi connectivity index (χ1) is 9.58. The summed E-state index contributed by atoms with van der Waals surface area (Å²) >= 11 is 0. The van der Waals surface area contributed by atoms with Crippen LogP contribution in [0.5, 0.6) is 5.75 Å². The molecule has 6 nitrogen and oxygen atoms in total. The van der Waals surface area contributed by atoms with E-state index in [-0.39, 0.29) is 6.03 Å². The third-order valence-corrected chi connectivity index (χ3v) is 2.81. The Morgan fingerprint density at radius 1 is 1.25 bits per heavy atom. The average Bonchev–Trinajstić information content (AvgIpc) is 2.88. The van der Waals surface area contributed by atoms with Crippen molar-refractivity contribution in [3.63, 3.8) is 0 Å². The maximum absolute atomic E-state index is 11.8. The zero-order chi connectivity index (χ0) is 14.5. The van der Waals surface area contributed by atoms with Crippen LogP contribution in [0.25, 0.3) is 0 Å². The van der Waals surface area contributed by atoms with E-state index in [2.05, 4.69) is 34.7 Å². The van der Waals surface area contributed by atoms with Crippen LogP contribution < -0.4 is 15.4 Å². The lowest BCUT2D eigenvalue weighted by molar-refractivity contribution is 0.262. The molecule has 0 saturated heterocycles. The molecule has 0 unspecified atom stereocenters. The van der Waals surface area contributed by atoms with Gasteiger partial charge in [0.15, 0.2) is 5.82 Å². The number of nitrogens with one attached hydrogen (secondary N) is 3. The Kier molecular flexibility index (Phi) is 4.24. The fraction of sp³-hybridized carbons (Fsp3) is 0.286. The topological polar surface area (TPSA) is 79.0 Å². The first-order valence-electron chi connectivity index (χ1n) is 6.36. The van der Waals surface area contributed by atoms with Crippen LogP contribution in [0, 0.1) is 0 Å². The van der Waals surface area contributed by atoms with E-state index >= 15 is 0 Å². The molecule has 0 bridgehead atoms. The highest BCUT2D eigenvalue weighted by Gasteiger charge is 2.08. The lowest BCUT2D eigenvalue weighted by Crippen LogP contribution is -2.19. The van der Waals surface area contributed by atoms with Gasteiger partial charge in [-0.2, -0.15) is 5.10 Å². The van der Waals surface area contributed by atoms with Crippen molar-refractivity contribution in [2.45, 2.75) is 19.8 Å². The Morgan fingerprint density at radius 3 is 2.50 bits per heavy atom. The number of H-pyrrole nitrogens is 1. The number of nitrogens with zero attached hydrogens (tertiary/aromatic N) is 1. The van der Waals surface area contributed by atoms with Gasteiger partial charge in [0.2, 0.25) is 0 Å². The van der Waals surface area contributed by atoms with Crippen molar-refractivity contribution in [3.05, 3.63) is 36.0 Å². The molecule has 0 radical (unpaired) electrons. The second-order valence-electron chi connectivity index (χ2n) is 4.67. The molecule has 2 rings (SSSR count). The van der Waals surface area contributed by atoms with Crippen molar-refractivity contribution in [3.8, 4) is 5.75 Å². The maximum atomic E-state index is 11.8. The minimum Gasteiger partial charge on any atom is -0.497 e. The van der Waals surface area contributed by atoms with Crippen molar-refractivity contribution in [1.82, 2.24) is 10.2 Å². The lowest BCUT2D eigenvalue weighted by Gasteiger charge is -2.06. The molecular formula is C14H18N4O2. The van der Waals surface area contributed by atoms with E-state index in [4.69, 9.17) is 4.74 Å². The van der Waals surface area contributed by atoms with E-state index in [1.165, 1.54) is 0 Å². The van der Waals surface area contributed by atoms with Gasteiger partial charge in [-0.3, -0.25) is 10.4 Å². The van der Waals surface area contributed by atoms with Gasteiger partial charge in [-0.25, -0.2) is 4.79 Å². The van der Waals surface area contributed by atoms with Gasteiger partial charge < -0.3 is 10.1 Å². The van der Waals surface area contributed by atoms with Gasteiger partial charge in [0.1, 0.15) is 5.75 Å². The summed E-state index contributed by atoms with van der Waals surface area (Å²) < 4.78 is 5.05. The summed E-state index contributed by atoms with van der Waals surface area (Å²) in [5, 5.41) is 12.3. The van der Waals surface area contributed by atoms with Crippen LogP contribution in [0.4, 0.5) is 16.3 Å². The maximum Gasteiger partial charge on any atom is 0.324 e. The first kappa shape index (κ1) is 13.9. The van der Waals surface area contributed by atoms with Crippen LogP contribution in [0.2, 0.25) is 0 Å². The van der Waals surface area contributed by atoms with Crippen molar-refractivity contribution in [2.24, 2.45) is 0 Å². The Labute approximate surface area is 117 Å². The van der Waals surface area contributed by atoms with Crippen LogP contribution >= 0.6 is 0 Å². The second-order valence-corrected chi connectivity index (χ2v) is 4.67. The molecule has 0 atom stereocenters. The number of rotatable bonds is 4. The van der Waals surface area contributed by atoms with E-state index in [1.54, 1.807) is 31.4 Å². The minimum absolute atomic E-state index is 0.336. The van der Waals surface area contributed by atoms with Gasteiger partial charge in [-0.1, -0.05) is 13.8 Å². The fourth-order valence-electron chi connectivity index (χ4n) is 1.65. The molecule has 0 fully saturated rings. The molecule has 0 spiro atoms. The standard InChI is InChI=1S/C14H18N4O2/c1-9(2)12-8-13(18-17-12)16-14(19)15-10-4-6-11(20-3)7-5-10/h4-9H,1-3H3,(H3,15,16,17,18,19). The highest BCUT2D eigenvalue weighted by Crippen LogP contribution is 2.17. The predicted molar refractivity (Wildman–Crippen MR) is 78.3 cm³/mol. The monoisotopic (exact) mass is 274 g/mol. The van der Waals surface area contributed by atoms with Crippen LogP contribution in [0.15, 0.2) is 30.3 Å². The van der Waals surface area contributed by atoms with Crippen molar-refractivity contribution < 1.29 is 9.53 Å². The summed E-state index contributed by atoms with van der Waals surface area (Å²) in [6, 6.07) is 8.57. The Hall–Kier alpha value is -2.50. The molecule has 6 heteroatoms. The Morgan fingerprint density at radius 2 is 1.95 bits per heavy atom. The molecule has 0 aliphatic rings. The number of ether oxygens (including phenoxy) is 1. The summed E-state index contributed by atoms with van der Waals surface area (Å²) in [6.45, 7) is 4.10. The fourth-order valence-corrected chi connectivity index (χ4v) is 1.65. The number of urea groups is 1. The predicted octanol–water partition coefficient (Wildman–Crippen LogP) is 3.19. The lowest BCUT2D eigenvalue weighted by atomic mass is 10.1. The third kappa shape index (κ3) is 3.50. The number of methoxy groups -OCH3 is 1. The third-order valence-electron chi connectivity index (χ3n) is 2.81. The summed E-state index contributed by atoms with van der Waals surface area (Å²) in [4.78, 5) is 11.8. The normalized spacial score (nSPS) is 10.4. The molecule has 20 heavy (non-hydrogen) atoms. The van der Waals surface area contributed by atoms with E-state index in [1.807, 2.05) is 6.07 Å². The number of anilines is 2. The van der Waals surface area contributed by atoms with Gasteiger partial charge in [0.05, 0.1) is 7.11 Å². The number of amides is 2. The van der Waals surface area contributed by atoms with Gasteiger partial charge in [0.25, 0.3) is 0 Å². The minimum atomic E-state index is -0.336. The Balaban J connectivity index is 1.93. The smallest absolute Gasteiger partial charge is 0.324 e. The van der Waals surface area contributed by atoms with Gasteiger partial charge in [0, 0.05) is 17.4 Å². The highest BCUT2D eigenvalue weighted by atomic mass is 16.5. The summed E-state index contributed by atoms with van der Waals surface area (Å²) in [5.74, 6) is 1.58. The number of hydrogen-bond acceptors (Lipinski definition) is 3. The van der Waals surface area contributed by atoms with Crippen LogP contribution in [0.1, 0.15) is 25.5 Å². The second kappa shape index (κ2) is 6.10. The first-order valence-corrected chi connectivity index (χ1v) is 6.36.